The molecule has 5 nitrogen and oxygen atoms in total. The summed E-state index contributed by atoms with van der Waals surface area (Å²) in [7, 11) is 0. The van der Waals surface area contributed by atoms with Gasteiger partial charge in [0.25, 0.3) is 0 Å². The molecule has 98 valence electrons. The first kappa shape index (κ1) is 15.8. The van der Waals surface area contributed by atoms with E-state index in [0.29, 0.717) is 13.0 Å². The van der Waals surface area contributed by atoms with E-state index in [-0.39, 0.29) is 18.5 Å². The van der Waals surface area contributed by atoms with E-state index in [1.165, 1.54) is 0 Å². The van der Waals surface area contributed by atoms with E-state index in [9.17, 15) is 9.59 Å². The zero-order valence-electron chi connectivity index (χ0n) is 10.1. The molecule has 0 aromatic carbocycles. The quantitative estimate of drug-likeness (QED) is 0.433. The number of amides is 2. The Labute approximate surface area is 106 Å². The van der Waals surface area contributed by atoms with Crippen LogP contribution in [0.5, 0.6) is 0 Å². The van der Waals surface area contributed by atoms with Crippen molar-refractivity contribution >= 4 is 23.8 Å². The first-order chi connectivity index (χ1) is 8.06. The molecular formula is C11H20N2O3S. The molecule has 0 spiro atoms. The highest BCUT2D eigenvalue weighted by Gasteiger charge is 2.08. The van der Waals surface area contributed by atoms with E-state index >= 15 is 0 Å². The van der Waals surface area contributed by atoms with Gasteiger partial charge >= 0.3 is 12.0 Å². The lowest BCUT2D eigenvalue weighted by Crippen LogP contribution is -2.41. The number of nitrogens with one attached hydrogen (secondary N) is 2. The fourth-order valence-corrected chi connectivity index (χ4v) is 1.67. The molecule has 0 bridgehead atoms. The summed E-state index contributed by atoms with van der Waals surface area (Å²) in [5, 5.41) is 13.9. The van der Waals surface area contributed by atoms with Gasteiger partial charge in [0.05, 0.1) is 0 Å². The van der Waals surface area contributed by atoms with Crippen LogP contribution in [0.1, 0.15) is 19.8 Å². The molecule has 0 aromatic heterocycles. The van der Waals surface area contributed by atoms with Crippen molar-refractivity contribution in [1.82, 2.24) is 10.6 Å². The Morgan fingerprint density at radius 2 is 2.24 bits per heavy atom. The minimum absolute atomic E-state index is 0.0661. The molecule has 0 aliphatic carbocycles. The molecular weight excluding hydrogens is 240 g/mol. The average molecular weight is 260 g/mol. The van der Waals surface area contributed by atoms with Crippen molar-refractivity contribution in [2.75, 3.05) is 18.1 Å². The van der Waals surface area contributed by atoms with Crippen molar-refractivity contribution in [3.63, 3.8) is 0 Å². The molecule has 0 fully saturated rings. The second-order valence-corrected chi connectivity index (χ2v) is 4.75. The van der Waals surface area contributed by atoms with Crippen molar-refractivity contribution in [1.29, 1.82) is 0 Å². The fraction of sp³-hybridized carbons (Fsp3) is 0.636. The lowest BCUT2D eigenvalue weighted by atomic mass is 10.2. The van der Waals surface area contributed by atoms with Crippen LogP contribution in [-0.2, 0) is 4.79 Å². The molecule has 6 heteroatoms. The Kier molecular flexibility index (Phi) is 9.33. The Hall–Kier alpha value is -1.17. The molecule has 1 unspecified atom stereocenters. The molecule has 2 amide bonds. The molecule has 17 heavy (non-hydrogen) atoms. The monoisotopic (exact) mass is 260 g/mol. The number of urea groups is 1. The third kappa shape index (κ3) is 11.1. The SMILES string of the molecule is C=CCSCCNC(=O)NC(C)CCC(=O)O. The van der Waals surface area contributed by atoms with Crippen molar-refractivity contribution < 1.29 is 14.7 Å². The van der Waals surface area contributed by atoms with E-state index in [1.54, 1.807) is 18.7 Å². The summed E-state index contributed by atoms with van der Waals surface area (Å²) >= 11 is 1.69. The fourth-order valence-electron chi connectivity index (χ4n) is 1.09. The standard InChI is InChI=1S/C11H20N2O3S/c1-3-7-17-8-6-12-11(16)13-9(2)4-5-10(14)15/h3,9H,1,4-8H2,2H3,(H,14,15)(H2,12,13,16). The predicted octanol–water partition coefficient (Wildman–Crippen LogP) is 1.46. The molecule has 0 saturated heterocycles. The van der Waals surface area contributed by atoms with E-state index in [4.69, 9.17) is 5.11 Å². The highest BCUT2D eigenvalue weighted by atomic mass is 32.2. The van der Waals surface area contributed by atoms with Crippen molar-refractivity contribution in [3.8, 4) is 0 Å². The number of carbonyl (C=O) groups is 2. The molecule has 0 aliphatic rings. The van der Waals surface area contributed by atoms with Gasteiger partial charge in [0, 0.05) is 30.5 Å². The van der Waals surface area contributed by atoms with Crippen LogP contribution in [-0.4, -0.2) is 41.2 Å². The molecule has 0 saturated carbocycles. The van der Waals surface area contributed by atoms with Gasteiger partial charge in [-0.25, -0.2) is 4.79 Å². The summed E-state index contributed by atoms with van der Waals surface area (Å²) in [6, 6.07) is -0.381. The topological polar surface area (TPSA) is 78.4 Å². The Morgan fingerprint density at radius 1 is 1.53 bits per heavy atom. The summed E-state index contributed by atoms with van der Waals surface area (Å²) < 4.78 is 0. The summed E-state index contributed by atoms with van der Waals surface area (Å²) in [4.78, 5) is 21.7. The molecule has 0 aromatic rings. The van der Waals surface area contributed by atoms with E-state index in [1.807, 2.05) is 6.08 Å². The van der Waals surface area contributed by atoms with Crippen LogP contribution in [0.25, 0.3) is 0 Å². The third-order valence-electron chi connectivity index (χ3n) is 1.94. The zero-order valence-corrected chi connectivity index (χ0v) is 10.9. The summed E-state index contributed by atoms with van der Waals surface area (Å²) in [5.41, 5.74) is 0. The van der Waals surface area contributed by atoms with Crippen LogP contribution in [0.3, 0.4) is 0 Å². The molecule has 0 heterocycles. The maximum absolute atomic E-state index is 11.3. The van der Waals surface area contributed by atoms with Gasteiger partial charge in [0.1, 0.15) is 0 Å². The molecule has 3 N–H and O–H groups in total. The van der Waals surface area contributed by atoms with Crippen LogP contribution in [0, 0.1) is 0 Å². The molecule has 1 atom stereocenters. The van der Waals surface area contributed by atoms with Gasteiger partial charge < -0.3 is 15.7 Å². The first-order valence-corrected chi connectivity index (χ1v) is 6.66. The lowest BCUT2D eigenvalue weighted by molar-refractivity contribution is -0.137. The summed E-state index contributed by atoms with van der Waals surface area (Å²) in [5.74, 6) is 0.862. The van der Waals surface area contributed by atoms with Crippen LogP contribution < -0.4 is 10.6 Å². The van der Waals surface area contributed by atoms with Gasteiger partial charge in [-0.15, -0.1) is 6.58 Å². The Bertz CT molecular complexity index is 259. The largest absolute Gasteiger partial charge is 0.481 e. The molecule has 0 radical (unpaired) electrons. The van der Waals surface area contributed by atoms with E-state index in [2.05, 4.69) is 17.2 Å². The van der Waals surface area contributed by atoms with Gasteiger partial charge in [-0.2, -0.15) is 11.8 Å². The smallest absolute Gasteiger partial charge is 0.315 e. The minimum atomic E-state index is -0.847. The average Bonchev–Trinajstić information content (AvgIpc) is 2.26. The maximum atomic E-state index is 11.3. The van der Waals surface area contributed by atoms with E-state index < -0.39 is 5.97 Å². The van der Waals surface area contributed by atoms with Gasteiger partial charge in [-0.05, 0) is 13.3 Å². The van der Waals surface area contributed by atoms with Crippen LogP contribution >= 0.6 is 11.8 Å². The highest BCUT2D eigenvalue weighted by molar-refractivity contribution is 7.99. The van der Waals surface area contributed by atoms with E-state index in [0.717, 1.165) is 11.5 Å². The summed E-state index contributed by atoms with van der Waals surface area (Å²) in [6.07, 6.45) is 2.32. The lowest BCUT2D eigenvalue weighted by Gasteiger charge is -2.13. The maximum Gasteiger partial charge on any atom is 0.315 e. The number of carbonyl (C=O) groups excluding carboxylic acids is 1. The number of aliphatic carboxylic acids is 1. The number of carboxylic acids is 1. The second-order valence-electron chi connectivity index (χ2n) is 3.60. The number of rotatable bonds is 9. The predicted molar refractivity (Wildman–Crippen MR) is 70.4 cm³/mol. The minimum Gasteiger partial charge on any atom is -0.481 e. The Balaban J connectivity index is 3.50. The number of hydrogen-bond acceptors (Lipinski definition) is 3. The van der Waals surface area contributed by atoms with Crippen molar-refractivity contribution in [2.45, 2.75) is 25.8 Å². The van der Waals surface area contributed by atoms with Gasteiger partial charge in [-0.1, -0.05) is 6.08 Å². The first-order valence-electron chi connectivity index (χ1n) is 5.51. The normalized spacial score (nSPS) is 11.6. The van der Waals surface area contributed by atoms with Crippen molar-refractivity contribution in [3.05, 3.63) is 12.7 Å². The summed E-state index contributed by atoms with van der Waals surface area (Å²) in [6.45, 7) is 5.98. The third-order valence-corrected chi connectivity index (χ3v) is 2.90. The van der Waals surface area contributed by atoms with Gasteiger partial charge in [0.15, 0.2) is 0 Å². The van der Waals surface area contributed by atoms with Crippen LogP contribution in [0.15, 0.2) is 12.7 Å². The number of hydrogen-bond donors (Lipinski definition) is 3. The molecule has 0 rings (SSSR count). The number of carboxylic acid groups (broad SMARTS) is 1. The van der Waals surface area contributed by atoms with Crippen LogP contribution in [0.2, 0.25) is 0 Å². The highest BCUT2D eigenvalue weighted by Crippen LogP contribution is 1.98. The Morgan fingerprint density at radius 3 is 2.82 bits per heavy atom. The van der Waals surface area contributed by atoms with Gasteiger partial charge in [0.2, 0.25) is 0 Å². The molecule has 0 aliphatic heterocycles. The number of thioether (sulfide) groups is 1. The van der Waals surface area contributed by atoms with Crippen LogP contribution in [0.4, 0.5) is 4.79 Å². The van der Waals surface area contributed by atoms with Crippen molar-refractivity contribution in [2.24, 2.45) is 0 Å². The second kappa shape index (κ2) is 10.0. The zero-order chi connectivity index (χ0) is 13.1. The van der Waals surface area contributed by atoms with Gasteiger partial charge in [-0.3, -0.25) is 4.79 Å².